The maximum Gasteiger partial charge on any atom is 0.416 e. The molecule has 11 heteroatoms. The number of halogens is 1. The Morgan fingerprint density at radius 1 is 1.07 bits per heavy atom. The van der Waals surface area contributed by atoms with Crippen molar-refractivity contribution in [3.05, 3.63) is 64.7 Å². The lowest BCUT2D eigenvalue weighted by Crippen LogP contribution is -2.39. The summed E-state index contributed by atoms with van der Waals surface area (Å²) in [7, 11) is -1.92. The predicted octanol–water partition coefficient (Wildman–Crippen LogP) is 5.32. The van der Waals surface area contributed by atoms with Crippen LogP contribution in [0.25, 0.3) is 0 Å². The molecular weight excluding hydrogens is 564 g/mol. The minimum atomic E-state index is -3.68. The first kappa shape index (κ1) is 31.0. The summed E-state index contributed by atoms with van der Waals surface area (Å²) in [5.41, 5.74) is 1.19. The Labute approximate surface area is 248 Å². The number of aliphatic imine (C=N–C) groups is 1. The van der Waals surface area contributed by atoms with Crippen LogP contribution in [0.3, 0.4) is 0 Å². The van der Waals surface area contributed by atoms with Gasteiger partial charge < -0.3 is 9.64 Å². The largest absolute Gasteiger partial charge is 0.443 e. The van der Waals surface area contributed by atoms with E-state index in [2.05, 4.69) is 4.99 Å². The number of hydrogen-bond donors (Lipinski definition) is 0. The van der Waals surface area contributed by atoms with Crippen molar-refractivity contribution in [2.24, 2.45) is 4.99 Å². The summed E-state index contributed by atoms with van der Waals surface area (Å²) in [6.07, 6.45) is 2.78. The molecule has 2 amide bonds. The Morgan fingerprint density at radius 2 is 1.76 bits per heavy atom. The molecule has 0 unspecified atom stereocenters. The van der Waals surface area contributed by atoms with Gasteiger partial charge in [-0.25, -0.2) is 13.2 Å². The van der Waals surface area contributed by atoms with Gasteiger partial charge in [0, 0.05) is 38.2 Å². The molecule has 4 rings (SSSR count). The molecule has 0 atom stereocenters. The SMILES string of the molecule is CN(Cc1ccc(C2=NCCN2C(=O)OC(C)(C)C)cc1)C(=O)CCCCN(C1CC1)S(=O)(=O)c1ccccc1Cl. The number of amidine groups is 1. The third-order valence-electron chi connectivity index (χ3n) is 6.91. The Balaban J connectivity index is 1.26. The molecule has 1 heterocycles. The summed E-state index contributed by atoms with van der Waals surface area (Å²) >= 11 is 6.18. The zero-order valence-electron chi connectivity index (χ0n) is 24.2. The lowest BCUT2D eigenvalue weighted by Gasteiger charge is -2.25. The molecular formula is C30H39ClN4O5S. The molecule has 1 aliphatic carbocycles. The van der Waals surface area contributed by atoms with Crippen LogP contribution >= 0.6 is 11.6 Å². The highest BCUT2D eigenvalue weighted by Crippen LogP contribution is 2.34. The summed E-state index contributed by atoms with van der Waals surface area (Å²) in [6, 6.07) is 14.2. The third-order valence-corrected chi connectivity index (χ3v) is 9.36. The number of rotatable bonds is 11. The smallest absolute Gasteiger partial charge is 0.416 e. The average molecular weight is 603 g/mol. The van der Waals surface area contributed by atoms with Gasteiger partial charge in [0.1, 0.15) is 16.3 Å². The molecule has 1 aliphatic heterocycles. The van der Waals surface area contributed by atoms with Crippen LogP contribution in [0.15, 0.2) is 58.4 Å². The number of benzene rings is 2. The minimum absolute atomic E-state index is 0.00252. The van der Waals surface area contributed by atoms with E-state index in [0.717, 1.165) is 24.0 Å². The van der Waals surface area contributed by atoms with Gasteiger partial charge in [0.05, 0.1) is 18.1 Å². The Kier molecular flexibility index (Phi) is 9.77. The number of hydrogen-bond acceptors (Lipinski definition) is 6. The minimum Gasteiger partial charge on any atom is -0.443 e. The maximum atomic E-state index is 13.2. The fraction of sp³-hybridized carbons (Fsp3) is 0.500. The second-order valence-electron chi connectivity index (χ2n) is 11.5. The molecule has 2 aromatic rings. The normalized spacial score (nSPS) is 15.7. The maximum absolute atomic E-state index is 13.2. The van der Waals surface area contributed by atoms with E-state index in [-0.39, 0.29) is 21.9 Å². The van der Waals surface area contributed by atoms with Gasteiger partial charge in [-0.15, -0.1) is 0 Å². The van der Waals surface area contributed by atoms with Crippen molar-refractivity contribution in [1.29, 1.82) is 0 Å². The summed E-state index contributed by atoms with van der Waals surface area (Å²) in [4.78, 5) is 33.2. The average Bonchev–Trinajstić information content (AvgIpc) is 3.61. The van der Waals surface area contributed by atoms with E-state index in [0.29, 0.717) is 51.3 Å². The van der Waals surface area contributed by atoms with Crippen LogP contribution < -0.4 is 0 Å². The molecule has 1 saturated carbocycles. The van der Waals surface area contributed by atoms with E-state index < -0.39 is 21.7 Å². The number of nitrogens with zero attached hydrogens (tertiary/aromatic N) is 4. The molecule has 1 fully saturated rings. The van der Waals surface area contributed by atoms with Gasteiger partial charge in [-0.3, -0.25) is 14.7 Å². The van der Waals surface area contributed by atoms with Gasteiger partial charge in [0.2, 0.25) is 15.9 Å². The van der Waals surface area contributed by atoms with Crippen LogP contribution in [0.5, 0.6) is 0 Å². The highest BCUT2D eigenvalue weighted by molar-refractivity contribution is 7.89. The lowest BCUT2D eigenvalue weighted by molar-refractivity contribution is -0.130. The van der Waals surface area contributed by atoms with Gasteiger partial charge in [0.25, 0.3) is 0 Å². The molecule has 0 radical (unpaired) electrons. The van der Waals surface area contributed by atoms with Gasteiger partial charge in [-0.1, -0.05) is 48.0 Å². The van der Waals surface area contributed by atoms with Gasteiger partial charge in [0.15, 0.2) is 0 Å². The summed E-state index contributed by atoms with van der Waals surface area (Å²) in [5, 5.41) is 0.222. The molecule has 0 spiro atoms. The molecule has 9 nitrogen and oxygen atoms in total. The number of ether oxygens (including phenoxy) is 1. The van der Waals surface area contributed by atoms with Gasteiger partial charge in [-0.05, 0) is 64.2 Å². The molecule has 2 aliphatic rings. The van der Waals surface area contributed by atoms with E-state index in [1.807, 2.05) is 45.0 Å². The molecule has 0 aromatic heterocycles. The summed E-state index contributed by atoms with van der Waals surface area (Å²) in [5.74, 6) is 0.587. The fourth-order valence-corrected chi connectivity index (χ4v) is 6.91. The van der Waals surface area contributed by atoms with Crippen LogP contribution in [-0.2, 0) is 26.1 Å². The Hall–Kier alpha value is -2.95. The number of carbonyl (C=O) groups is 2. The van der Waals surface area contributed by atoms with Crippen LogP contribution in [-0.4, -0.2) is 78.7 Å². The lowest BCUT2D eigenvalue weighted by atomic mass is 10.1. The van der Waals surface area contributed by atoms with Crippen molar-refractivity contribution >= 4 is 39.5 Å². The second kappa shape index (κ2) is 12.9. The molecule has 0 bridgehead atoms. The molecule has 222 valence electrons. The molecule has 41 heavy (non-hydrogen) atoms. The second-order valence-corrected chi connectivity index (χ2v) is 13.8. The topological polar surface area (TPSA) is 99.6 Å². The van der Waals surface area contributed by atoms with Gasteiger partial charge >= 0.3 is 6.09 Å². The van der Waals surface area contributed by atoms with E-state index in [4.69, 9.17) is 16.3 Å². The van der Waals surface area contributed by atoms with Crippen molar-refractivity contribution in [2.75, 3.05) is 26.7 Å². The van der Waals surface area contributed by atoms with Gasteiger partial charge in [-0.2, -0.15) is 4.31 Å². The molecule has 0 saturated heterocycles. The highest BCUT2D eigenvalue weighted by Gasteiger charge is 2.38. The van der Waals surface area contributed by atoms with Crippen molar-refractivity contribution in [1.82, 2.24) is 14.1 Å². The number of carbonyl (C=O) groups excluding carboxylic acids is 2. The van der Waals surface area contributed by atoms with E-state index in [1.54, 1.807) is 39.4 Å². The summed E-state index contributed by atoms with van der Waals surface area (Å²) in [6.45, 7) is 7.31. The van der Waals surface area contributed by atoms with Crippen LogP contribution in [0.2, 0.25) is 5.02 Å². The van der Waals surface area contributed by atoms with Crippen molar-refractivity contribution in [2.45, 2.75) is 76.0 Å². The first-order chi connectivity index (χ1) is 19.4. The highest BCUT2D eigenvalue weighted by atomic mass is 35.5. The standard InChI is InChI=1S/C30H39ClN4O5S/c1-30(2,3)40-29(37)34-20-18-32-28(34)23-14-12-22(13-15-23)21-33(4)27(36)11-7-8-19-35(24-16-17-24)41(38,39)26-10-6-5-9-25(26)31/h5-6,9-10,12-15,24H,7-8,11,16-21H2,1-4H3. The predicted molar refractivity (Wildman–Crippen MR) is 159 cm³/mol. The van der Waals surface area contributed by atoms with Crippen molar-refractivity contribution < 1.29 is 22.7 Å². The number of sulfonamides is 1. The Morgan fingerprint density at radius 3 is 2.39 bits per heavy atom. The summed E-state index contributed by atoms with van der Waals surface area (Å²) < 4.78 is 33.5. The van der Waals surface area contributed by atoms with E-state index >= 15 is 0 Å². The van der Waals surface area contributed by atoms with Crippen molar-refractivity contribution in [3.8, 4) is 0 Å². The van der Waals surface area contributed by atoms with Crippen LogP contribution in [0.1, 0.15) is 64.0 Å². The zero-order chi connectivity index (χ0) is 29.8. The van der Waals surface area contributed by atoms with Crippen LogP contribution in [0.4, 0.5) is 4.79 Å². The third kappa shape index (κ3) is 8.08. The van der Waals surface area contributed by atoms with E-state index in [1.165, 1.54) is 6.07 Å². The first-order valence-corrected chi connectivity index (χ1v) is 15.8. The quantitative estimate of drug-likeness (QED) is 0.324. The monoisotopic (exact) mass is 602 g/mol. The molecule has 2 aromatic carbocycles. The zero-order valence-corrected chi connectivity index (χ0v) is 25.7. The molecule has 0 N–H and O–H groups in total. The number of unbranched alkanes of at least 4 members (excludes halogenated alkanes) is 1. The Bertz CT molecular complexity index is 1380. The van der Waals surface area contributed by atoms with Crippen molar-refractivity contribution in [3.63, 3.8) is 0 Å². The number of amides is 2. The van der Waals surface area contributed by atoms with Crippen LogP contribution in [0, 0.1) is 0 Å². The fourth-order valence-electron chi connectivity index (χ4n) is 4.69. The first-order valence-electron chi connectivity index (χ1n) is 14.0. The van der Waals surface area contributed by atoms with E-state index in [9.17, 15) is 18.0 Å².